The van der Waals surface area contributed by atoms with Gasteiger partial charge in [-0.05, 0) is 19.3 Å². The van der Waals surface area contributed by atoms with Crippen molar-refractivity contribution in [3.63, 3.8) is 0 Å². The van der Waals surface area contributed by atoms with E-state index in [-0.39, 0.29) is 18.3 Å². The Balaban J connectivity index is 2.03. The number of rotatable bonds is 0. The molecule has 0 amide bonds. The van der Waals surface area contributed by atoms with Crippen LogP contribution in [0.5, 0.6) is 0 Å². The minimum absolute atomic E-state index is 0.0336. The first-order valence-electron chi connectivity index (χ1n) is 3.79. The second kappa shape index (κ2) is 2.49. The topological polar surface area (TPSA) is 38.7 Å². The molecule has 1 aliphatic heterocycles. The van der Waals surface area contributed by atoms with Crippen molar-refractivity contribution < 1.29 is 14.6 Å². The molecule has 1 N–H and O–H groups in total. The van der Waals surface area contributed by atoms with E-state index in [0.717, 1.165) is 19.3 Å². The van der Waals surface area contributed by atoms with Gasteiger partial charge in [0.2, 0.25) is 0 Å². The zero-order chi connectivity index (χ0) is 6.97. The summed E-state index contributed by atoms with van der Waals surface area (Å²) in [5.41, 5.74) is 0. The summed E-state index contributed by atoms with van der Waals surface area (Å²) in [5, 5.41) is 9.37. The highest BCUT2D eigenvalue weighted by Gasteiger charge is 2.37. The Bertz CT molecular complexity index is 126. The molecule has 3 nitrogen and oxygen atoms in total. The highest BCUT2D eigenvalue weighted by Crippen LogP contribution is 2.28. The van der Waals surface area contributed by atoms with Gasteiger partial charge in [-0.3, -0.25) is 0 Å². The van der Waals surface area contributed by atoms with Crippen LogP contribution in [0.2, 0.25) is 0 Å². The van der Waals surface area contributed by atoms with E-state index in [1.54, 1.807) is 0 Å². The number of hydrogen-bond acceptors (Lipinski definition) is 3. The molecule has 0 bridgehead atoms. The van der Waals surface area contributed by atoms with Crippen LogP contribution in [0.3, 0.4) is 0 Å². The molecule has 2 aliphatic rings. The molecule has 0 aromatic carbocycles. The van der Waals surface area contributed by atoms with E-state index in [0.29, 0.717) is 6.79 Å². The fraction of sp³-hybridized carbons (Fsp3) is 1.00. The van der Waals surface area contributed by atoms with Gasteiger partial charge in [-0.2, -0.15) is 0 Å². The molecule has 2 fully saturated rings. The van der Waals surface area contributed by atoms with E-state index in [2.05, 4.69) is 0 Å². The zero-order valence-corrected chi connectivity index (χ0v) is 5.82. The first kappa shape index (κ1) is 6.58. The molecule has 3 heteroatoms. The molecule has 0 aromatic rings. The van der Waals surface area contributed by atoms with E-state index in [4.69, 9.17) is 9.47 Å². The summed E-state index contributed by atoms with van der Waals surface area (Å²) in [6.07, 6.45) is 2.82. The lowest BCUT2D eigenvalue weighted by Crippen LogP contribution is -2.38. The van der Waals surface area contributed by atoms with Gasteiger partial charge in [0, 0.05) is 0 Å². The fourth-order valence-electron chi connectivity index (χ4n) is 1.71. The van der Waals surface area contributed by atoms with E-state index in [9.17, 15) is 5.11 Å². The monoisotopic (exact) mass is 144 g/mol. The summed E-state index contributed by atoms with van der Waals surface area (Å²) in [5.74, 6) is 0. The summed E-state index contributed by atoms with van der Waals surface area (Å²) in [4.78, 5) is 0. The Kier molecular flexibility index (Phi) is 1.64. The maximum Gasteiger partial charge on any atom is 0.147 e. The van der Waals surface area contributed by atoms with Gasteiger partial charge in [-0.15, -0.1) is 0 Å². The fourth-order valence-corrected chi connectivity index (χ4v) is 1.71. The highest BCUT2D eigenvalue weighted by atomic mass is 16.7. The van der Waals surface area contributed by atoms with Crippen LogP contribution >= 0.6 is 0 Å². The molecule has 1 aliphatic carbocycles. The van der Waals surface area contributed by atoms with Crippen LogP contribution in [0.15, 0.2) is 0 Å². The number of ether oxygens (including phenoxy) is 2. The van der Waals surface area contributed by atoms with Gasteiger partial charge in [-0.1, -0.05) is 0 Å². The lowest BCUT2D eigenvalue weighted by atomic mass is 9.92. The van der Waals surface area contributed by atoms with Crippen LogP contribution in [0, 0.1) is 0 Å². The van der Waals surface area contributed by atoms with E-state index >= 15 is 0 Å². The van der Waals surface area contributed by atoms with Crippen molar-refractivity contribution in [3.05, 3.63) is 0 Å². The molecule has 3 atom stereocenters. The predicted octanol–water partition coefficient (Wildman–Crippen LogP) is 0.273. The molecule has 0 radical (unpaired) electrons. The van der Waals surface area contributed by atoms with Crippen LogP contribution < -0.4 is 0 Å². The maximum absolute atomic E-state index is 9.37. The number of hydrogen-bond donors (Lipinski definition) is 1. The third kappa shape index (κ3) is 0.944. The van der Waals surface area contributed by atoms with Gasteiger partial charge in [0.25, 0.3) is 0 Å². The Labute approximate surface area is 59.9 Å². The second-order valence-electron chi connectivity index (χ2n) is 2.95. The molecule has 1 heterocycles. The van der Waals surface area contributed by atoms with Crippen molar-refractivity contribution in [1.29, 1.82) is 0 Å². The second-order valence-corrected chi connectivity index (χ2v) is 2.95. The summed E-state index contributed by atoms with van der Waals surface area (Å²) < 4.78 is 10.4. The summed E-state index contributed by atoms with van der Waals surface area (Å²) >= 11 is 0. The average molecular weight is 144 g/mol. The highest BCUT2D eigenvalue weighted by molar-refractivity contribution is 4.85. The van der Waals surface area contributed by atoms with Crippen LogP contribution in [0.4, 0.5) is 0 Å². The van der Waals surface area contributed by atoms with Crippen molar-refractivity contribution in [2.75, 3.05) is 6.79 Å². The molecule has 1 saturated heterocycles. The SMILES string of the molecule is OC1CCCC2OCOC12. The van der Waals surface area contributed by atoms with Gasteiger partial charge in [0.1, 0.15) is 12.9 Å². The zero-order valence-electron chi connectivity index (χ0n) is 5.82. The minimum atomic E-state index is -0.291. The quantitative estimate of drug-likeness (QED) is 0.530. The van der Waals surface area contributed by atoms with Crippen LogP contribution in [-0.4, -0.2) is 30.2 Å². The molecular weight excluding hydrogens is 132 g/mol. The van der Waals surface area contributed by atoms with Gasteiger partial charge in [0.15, 0.2) is 0 Å². The van der Waals surface area contributed by atoms with Gasteiger partial charge in [-0.25, -0.2) is 0 Å². The standard InChI is InChI=1S/C7H12O3/c8-5-2-1-3-6-7(5)10-4-9-6/h5-8H,1-4H2. The van der Waals surface area contributed by atoms with Gasteiger partial charge >= 0.3 is 0 Å². The lowest BCUT2D eigenvalue weighted by Gasteiger charge is -2.26. The van der Waals surface area contributed by atoms with E-state index < -0.39 is 0 Å². The van der Waals surface area contributed by atoms with Crippen molar-refractivity contribution in [2.24, 2.45) is 0 Å². The smallest absolute Gasteiger partial charge is 0.147 e. The number of aliphatic hydroxyl groups excluding tert-OH is 1. The first-order valence-corrected chi connectivity index (χ1v) is 3.79. The number of aliphatic hydroxyl groups is 1. The molecular formula is C7H12O3. The van der Waals surface area contributed by atoms with Gasteiger partial charge in [0.05, 0.1) is 12.2 Å². The third-order valence-corrected chi connectivity index (χ3v) is 2.28. The summed E-state index contributed by atoms with van der Waals surface area (Å²) in [6, 6.07) is 0. The van der Waals surface area contributed by atoms with Crippen LogP contribution in [0.25, 0.3) is 0 Å². The normalized spacial score (nSPS) is 47.1. The summed E-state index contributed by atoms with van der Waals surface area (Å²) in [7, 11) is 0. The Morgan fingerprint density at radius 1 is 1.20 bits per heavy atom. The van der Waals surface area contributed by atoms with Crippen molar-refractivity contribution in [3.8, 4) is 0 Å². The molecule has 3 unspecified atom stereocenters. The maximum atomic E-state index is 9.37. The predicted molar refractivity (Wildman–Crippen MR) is 34.5 cm³/mol. The average Bonchev–Trinajstić information content (AvgIpc) is 2.36. The Hall–Kier alpha value is -0.120. The Morgan fingerprint density at radius 3 is 2.90 bits per heavy atom. The third-order valence-electron chi connectivity index (χ3n) is 2.28. The lowest BCUT2D eigenvalue weighted by molar-refractivity contribution is -0.0260. The molecule has 58 valence electrons. The van der Waals surface area contributed by atoms with Gasteiger partial charge < -0.3 is 14.6 Å². The van der Waals surface area contributed by atoms with Crippen molar-refractivity contribution in [2.45, 2.75) is 37.6 Å². The molecule has 0 aromatic heterocycles. The summed E-state index contributed by atoms with van der Waals surface area (Å²) in [6.45, 7) is 0.367. The number of fused-ring (bicyclic) bond motifs is 1. The molecule has 0 spiro atoms. The van der Waals surface area contributed by atoms with E-state index in [1.165, 1.54) is 0 Å². The molecule has 1 saturated carbocycles. The molecule has 10 heavy (non-hydrogen) atoms. The van der Waals surface area contributed by atoms with Crippen molar-refractivity contribution in [1.82, 2.24) is 0 Å². The minimum Gasteiger partial charge on any atom is -0.390 e. The first-order chi connectivity index (χ1) is 4.88. The van der Waals surface area contributed by atoms with Crippen LogP contribution in [0.1, 0.15) is 19.3 Å². The van der Waals surface area contributed by atoms with E-state index in [1.807, 2.05) is 0 Å². The largest absolute Gasteiger partial charge is 0.390 e. The Morgan fingerprint density at radius 2 is 2.10 bits per heavy atom. The van der Waals surface area contributed by atoms with Crippen LogP contribution in [-0.2, 0) is 9.47 Å². The molecule has 2 rings (SSSR count). The van der Waals surface area contributed by atoms with Crippen molar-refractivity contribution >= 4 is 0 Å².